The lowest BCUT2D eigenvalue weighted by Crippen LogP contribution is -2.33. The largest absolute Gasteiger partial charge is 0.360 e. The Morgan fingerprint density at radius 1 is 1.50 bits per heavy atom. The van der Waals surface area contributed by atoms with Crippen LogP contribution in [-0.2, 0) is 4.79 Å². The van der Waals surface area contributed by atoms with E-state index in [1.807, 2.05) is 13.0 Å². The minimum atomic E-state index is -0.0980. The Balaban J connectivity index is 2.05. The van der Waals surface area contributed by atoms with E-state index in [2.05, 4.69) is 20.6 Å². The molecular weight excluding hydrogens is 250 g/mol. The highest BCUT2D eigenvalue weighted by atomic mass is 32.1. The number of rotatable bonds is 5. The molecule has 0 unspecified atom stereocenters. The Labute approximate surface area is 109 Å². The number of aryl methyl sites for hydroxylation is 1. The maximum absolute atomic E-state index is 11.4. The molecule has 0 fully saturated rings. The lowest BCUT2D eigenvalue weighted by Gasteiger charge is -2.06. The number of nitrogens with two attached hydrogens (primary N) is 1. The molecule has 0 radical (unpaired) electrons. The van der Waals surface area contributed by atoms with Crippen molar-refractivity contribution in [2.45, 2.75) is 6.92 Å². The van der Waals surface area contributed by atoms with E-state index in [9.17, 15) is 4.79 Å². The monoisotopic (exact) mass is 265 g/mol. The Morgan fingerprint density at radius 3 is 3.11 bits per heavy atom. The first kappa shape index (κ1) is 12.7. The summed E-state index contributed by atoms with van der Waals surface area (Å²) >= 11 is 1.61. The quantitative estimate of drug-likeness (QED) is 0.731. The molecule has 96 valence electrons. The van der Waals surface area contributed by atoms with Gasteiger partial charge in [0.2, 0.25) is 5.91 Å². The number of hydrogen-bond donors (Lipinski definition) is 3. The molecule has 0 atom stereocenters. The topological polar surface area (TPSA) is 92.9 Å². The van der Waals surface area contributed by atoms with Gasteiger partial charge in [0.15, 0.2) is 0 Å². The normalized spacial score (nSPS) is 10.6. The molecule has 0 bridgehead atoms. The molecule has 2 aromatic rings. The summed E-state index contributed by atoms with van der Waals surface area (Å²) in [6, 6.07) is 2.01. The zero-order valence-electron chi connectivity index (χ0n) is 10.1. The number of aromatic nitrogens is 2. The summed E-state index contributed by atoms with van der Waals surface area (Å²) in [5.41, 5.74) is 5.31. The number of thiophene rings is 1. The van der Waals surface area contributed by atoms with Gasteiger partial charge in [0, 0.05) is 18.0 Å². The van der Waals surface area contributed by atoms with E-state index in [4.69, 9.17) is 5.73 Å². The lowest BCUT2D eigenvalue weighted by atomic mass is 10.3. The Bertz CT molecular complexity index is 553. The molecular formula is C11H15N5OS. The fourth-order valence-corrected chi connectivity index (χ4v) is 2.40. The summed E-state index contributed by atoms with van der Waals surface area (Å²) in [4.78, 5) is 21.9. The van der Waals surface area contributed by atoms with Gasteiger partial charge in [-0.05, 0) is 13.0 Å². The molecule has 0 aliphatic heterocycles. The second kappa shape index (κ2) is 5.74. The van der Waals surface area contributed by atoms with Crippen molar-refractivity contribution in [3.05, 3.63) is 17.3 Å². The van der Waals surface area contributed by atoms with Gasteiger partial charge in [-0.15, -0.1) is 11.3 Å². The molecule has 2 aromatic heterocycles. The van der Waals surface area contributed by atoms with E-state index in [1.54, 1.807) is 11.3 Å². The SMILES string of the molecule is Cc1cc2c(NCC(=O)NCCN)ncnc2s1. The van der Waals surface area contributed by atoms with Crippen molar-refractivity contribution in [1.82, 2.24) is 15.3 Å². The van der Waals surface area contributed by atoms with Crippen LogP contribution >= 0.6 is 11.3 Å². The smallest absolute Gasteiger partial charge is 0.239 e. The molecule has 0 aliphatic carbocycles. The van der Waals surface area contributed by atoms with Crippen LogP contribution in [0.25, 0.3) is 10.2 Å². The number of nitrogens with one attached hydrogen (secondary N) is 2. The van der Waals surface area contributed by atoms with E-state index in [0.29, 0.717) is 18.9 Å². The van der Waals surface area contributed by atoms with Gasteiger partial charge >= 0.3 is 0 Å². The van der Waals surface area contributed by atoms with Gasteiger partial charge < -0.3 is 16.4 Å². The zero-order chi connectivity index (χ0) is 13.0. The van der Waals surface area contributed by atoms with E-state index in [0.717, 1.165) is 10.2 Å². The van der Waals surface area contributed by atoms with E-state index in [-0.39, 0.29) is 12.5 Å². The predicted molar refractivity (Wildman–Crippen MR) is 72.7 cm³/mol. The van der Waals surface area contributed by atoms with Crippen LogP contribution in [0.3, 0.4) is 0 Å². The number of carbonyl (C=O) groups is 1. The van der Waals surface area contributed by atoms with Gasteiger partial charge in [0.1, 0.15) is 17.0 Å². The molecule has 0 saturated carbocycles. The average Bonchev–Trinajstić information content (AvgIpc) is 2.74. The second-order valence-corrected chi connectivity index (χ2v) is 5.03. The molecule has 2 heterocycles. The summed E-state index contributed by atoms with van der Waals surface area (Å²) in [7, 11) is 0. The number of fused-ring (bicyclic) bond motifs is 1. The van der Waals surface area contributed by atoms with Crippen LogP contribution in [0.1, 0.15) is 4.88 Å². The molecule has 18 heavy (non-hydrogen) atoms. The number of nitrogens with zero attached hydrogens (tertiary/aromatic N) is 2. The Morgan fingerprint density at radius 2 is 2.33 bits per heavy atom. The van der Waals surface area contributed by atoms with Crippen molar-refractivity contribution in [3.8, 4) is 0 Å². The van der Waals surface area contributed by atoms with Crippen LogP contribution < -0.4 is 16.4 Å². The number of hydrogen-bond acceptors (Lipinski definition) is 6. The third-order valence-corrected chi connectivity index (χ3v) is 3.29. The highest BCUT2D eigenvalue weighted by Gasteiger charge is 2.07. The average molecular weight is 265 g/mol. The van der Waals surface area contributed by atoms with Crippen LogP contribution in [0, 0.1) is 6.92 Å². The van der Waals surface area contributed by atoms with Crippen molar-refractivity contribution in [3.63, 3.8) is 0 Å². The molecule has 7 heteroatoms. The van der Waals surface area contributed by atoms with Crippen LogP contribution in [0.4, 0.5) is 5.82 Å². The molecule has 0 aromatic carbocycles. The third-order valence-electron chi connectivity index (χ3n) is 2.34. The maximum atomic E-state index is 11.4. The second-order valence-electron chi connectivity index (χ2n) is 3.79. The molecule has 1 amide bonds. The van der Waals surface area contributed by atoms with E-state index >= 15 is 0 Å². The van der Waals surface area contributed by atoms with E-state index < -0.39 is 0 Å². The lowest BCUT2D eigenvalue weighted by molar-refractivity contribution is -0.119. The maximum Gasteiger partial charge on any atom is 0.239 e. The van der Waals surface area contributed by atoms with Gasteiger partial charge in [-0.25, -0.2) is 9.97 Å². The molecule has 4 N–H and O–H groups in total. The van der Waals surface area contributed by atoms with Crippen molar-refractivity contribution >= 4 is 33.3 Å². The Hall–Kier alpha value is -1.73. The first-order valence-corrected chi connectivity index (χ1v) is 6.44. The highest BCUT2D eigenvalue weighted by Crippen LogP contribution is 2.27. The van der Waals surface area contributed by atoms with Gasteiger partial charge in [-0.2, -0.15) is 0 Å². The predicted octanol–water partition coefficient (Wildman–Crippen LogP) is 0.487. The zero-order valence-corrected chi connectivity index (χ0v) is 10.9. The molecule has 0 spiro atoms. The van der Waals surface area contributed by atoms with Crippen molar-refractivity contribution in [2.24, 2.45) is 5.73 Å². The summed E-state index contributed by atoms with van der Waals surface area (Å²) in [5, 5.41) is 6.65. The first-order valence-electron chi connectivity index (χ1n) is 5.62. The Kier molecular flexibility index (Phi) is 4.06. The van der Waals surface area contributed by atoms with Gasteiger partial charge in [-0.1, -0.05) is 0 Å². The van der Waals surface area contributed by atoms with E-state index in [1.165, 1.54) is 11.2 Å². The molecule has 0 saturated heterocycles. The summed E-state index contributed by atoms with van der Waals surface area (Å²) in [5.74, 6) is 0.589. The summed E-state index contributed by atoms with van der Waals surface area (Å²) in [6.45, 7) is 3.12. The third kappa shape index (κ3) is 2.93. The summed E-state index contributed by atoms with van der Waals surface area (Å²) < 4.78 is 0. The van der Waals surface area contributed by atoms with Crippen molar-refractivity contribution in [2.75, 3.05) is 25.0 Å². The number of carbonyl (C=O) groups excluding carboxylic acids is 1. The fraction of sp³-hybridized carbons (Fsp3) is 0.364. The minimum Gasteiger partial charge on any atom is -0.360 e. The van der Waals surface area contributed by atoms with Gasteiger partial charge in [-0.3, -0.25) is 4.79 Å². The minimum absolute atomic E-state index is 0.0980. The molecule has 0 aliphatic rings. The van der Waals surface area contributed by atoms with Gasteiger partial charge in [0.25, 0.3) is 0 Å². The number of amides is 1. The van der Waals surface area contributed by atoms with Crippen LogP contribution in [0.15, 0.2) is 12.4 Å². The van der Waals surface area contributed by atoms with Crippen LogP contribution in [0.5, 0.6) is 0 Å². The first-order chi connectivity index (χ1) is 8.70. The van der Waals surface area contributed by atoms with Crippen LogP contribution in [-0.4, -0.2) is 35.5 Å². The van der Waals surface area contributed by atoms with Crippen LogP contribution in [0.2, 0.25) is 0 Å². The molecule has 6 nitrogen and oxygen atoms in total. The molecule has 2 rings (SSSR count). The fourth-order valence-electron chi connectivity index (χ4n) is 1.56. The van der Waals surface area contributed by atoms with Crippen molar-refractivity contribution in [1.29, 1.82) is 0 Å². The van der Waals surface area contributed by atoms with Crippen molar-refractivity contribution < 1.29 is 4.79 Å². The van der Waals surface area contributed by atoms with Gasteiger partial charge in [0.05, 0.1) is 11.9 Å². The highest BCUT2D eigenvalue weighted by molar-refractivity contribution is 7.18. The summed E-state index contributed by atoms with van der Waals surface area (Å²) in [6.07, 6.45) is 1.50. The number of anilines is 1. The standard InChI is InChI=1S/C11H15N5OS/c1-7-4-8-10(15-6-16-11(8)18-7)14-5-9(17)13-3-2-12/h4,6H,2-3,5,12H2,1H3,(H,13,17)(H,14,15,16).